The zero-order valence-corrected chi connectivity index (χ0v) is 6.21. The van der Waals surface area contributed by atoms with E-state index in [1.54, 1.807) is 0 Å². The molecule has 0 aromatic rings. The van der Waals surface area contributed by atoms with E-state index in [1.807, 2.05) is 0 Å². The first-order valence-corrected chi connectivity index (χ1v) is 0. The summed E-state index contributed by atoms with van der Waals surface area (Å²) >= 11 is 0. The Kier molecular flexibility index (Phi) is 1460. The van der Waals surface area contributed by atoms with E-state index < -0.39 is 0 Å². The smallest absolute Gasteiger partial charge is 0 e. The topological polar surface area (TPSA) is 35.0 Å². The summed E-state index contributed by atoms with van der Waals surface area (Å²) in [5, 5.41) is 0. The van der Waals surface area contributed by atoms with Crippen molar-refractivity contribution < 1.29 is 0 Å². The van der Waals surface area contributed by atoms with Gasteiger partial charge in [-0.15, -0.1) is 0 Å². The molecule has 13 radical (unpaired) electrons. The quantitative estimate of drug-likeness (QED) is 0.382. The van der Waals surface area contributed by atoms with Gasteiger partial charge in [0.25, 0.3) is 0 Å². The van der Waals surface area contributed by atoms with E-state index in [2.05, 4.69) is 0 Å². The molecule has 0 saturated heterocycles. The molecule has 5 heavy (non-hydrogen) atoms. The van der Waals surface area contributed by atoms with Crippen molar-refractivity contribution in [2.75, 3.05) is 0 Å². The molecule has 0 aliphatic heterocycles. The van der Waals surface area contributed by atoms with Crippen LogP contribution in [0.25, 0.3) is 0 Å². The van der Waals surface area contributed by atoms with Crippen LogP contribution >= 0.6 is 0 Å². The number of hydrogen-bond donors (Lipinski definition) is 1. The first kappa shape index (κ1) is 115. The number of rotatable bonds is 0. The summed E-state index contributed by atoms with van der Waals surface area (Å²) in [6, 6.07) is 0. The van der Waals surface area contributed by atoms with Crippen molar-refractivity contribution in [3.63, 3.8) is 0 Å². The fourth-order valence-corrected chi connectivity index (χ4v) is 0. The zero-order valence-electron chi connectivity index (χ0n) is 3.21. The predicted octanol–water partition coefficient (Wildman–Crippen LogP) is -1.36. The molecule has 0 aromatic carbocycles. The van der Waals surface area contributed by atoms with Gasteiger partial charge in [0.05, 0.1) is 0 Å². The van der Waals surface area contributed by atoms with Crippen LogP contribution in [-0.4, -0.2) is 51.8 Å². The Bertz CT molecular complexity index is 6.85. The third-order valence-corrected chi connectivity index (χ3v) is 0. The molecule has 21 valence electrons. The van der Waals surface area contributed by atoms with Crippen molar-refractivity contribution in [3.8, 4) is 0 Å². The van der Waals surface area contributed by atoms with Gasteiger partial charge in [0, 0.05) is 51.8 Å². The second kappa shape index (κ2) is 63.2. The molecule has 0 amide bonds. The molecular weight excluding hydrogens is 105 g/mol. The van der Waals surface area contributed by atoms with Gasteiger partial charge in [-0.2, -0.15) is 0 Å². The summed E-state index contributed by atoms with van der Waals surface area (Å²) in [6.07, 6.45) is 0. The van der Waals surface area contributed by atoms with Crippen LogP contribution in [0.5, 0.6) is 0 Å². The molecule has 0 spiro atoms. The van der Waals surface area contributed by atoms with Gasteiger partial charge < -0.3 is 6.15 Å². The van der Waals surface area contributed by atoms with Crippen LogP contribution in [0.15, 0.2) is 0 Å². The van der Waals surface area contributed by atoms with Crippen molar-refractivity contribution >= 4 is 51.8 Å². The Morgan fingerprint density at radius 1 is 0.600 bits per heavy atom. The largest absolute Gasteiger partial charge is 0.344 e. The van der Waals surface area contributed by atoms with E-state index in [-0.39, 0.29) is 57.9 Å². The van der Waals surface area contributed by atoms with Crippen molar-refractivity contribution in [3.05, 3.63) is 0 Å². The third kappa shape index (κ3) is 36.7. The fraction of sp³-hybridized carbons (Fsp3) is 0. The Balaban J connectivity index is 0. The monoisotopic (exact) mass is 108 g/mol. The third-order valence-electron chi connectivity index (χ3n) is 0. The van der Waals surface area contributed by atoms with Crippen LogP contribution in [0.2, 0.25) is 0 Å². The molecule has 5 heteroatoms. The summed E-state index contributed by atoms with van der Waals surface area (Å²) in [5.74, 6) is 0. The maximum absolute atomic E-state index is 0. The summed E-state index contributed by atoms with van der Waals surface area (Å²) in [7, 11) is 0. The minimum atomic E-state index is 0. The second-order valence-corrected chi connectivity index (χ2v) is 0. The van der Waals surface area contributed by atoms with Crippen LogP contribution in [0.4, 0.5) is 0 Å². The minimum Gasteiger partial charge on any atom is -0.344 e. The molecular formula is H3LiNSi3. The maximum atomic E-state index is 0. The molecule has 0 aromatic heterocycles. The van der Waals surface area contributed by atoms with E-state index in [1.165, 1.54) is 0 Å². The first-order chi connectivity index (χ1) is 0. The van der Waals surface area contributed by atoms with Gasteiger partial charge in [0.15, 0.2) is 0 Å². The van der Waals surface area contributed by atoms with Gasteiger partial charge in [0.1, 0.15) is 0 Å². The average molecular weight is 108 g/mol. The van der Waals surface area contributed by atoms with E-state index in [0.717, 1.165) is 0 Å². The molecule has 0 rings (SSSR count). The van der Waals surface area contributed by atoms with Gasteiger partial charge >= 0.3 is 0 Å². The van der Waals surface area contributed by atoms with Crippen LogP contribution in [0.1, 0.15) is 0 Å². The van der Waals surface area contributed by atoms with Gasteiger partial charge in [0.2, 0.25) is 0 Å². The Labute approximate surface area is 58.1 Å². The SMILES string of the molecule is N.[Li].[Si].[Si].[Si]. The van der Waals surface area contributed by atoms with Gasteiger partial charge in [-0.05, 0) is 0 Å². The standard InChI is InChI=1S/Li.H3N.3Si/h;1H3;;;. The summed E-state index contributed by atoms with van der Waals surface area (Å²) < 4.78 is 0. The maximum Gasteiger partial charge on any atom is 0 e. The molecule has 1 nitrogen and oxygen atoms in total. The predicted molar refractivity (Wildman–Crippen MR) is 28.0 cm³/mol. The molecule has 0 heterocycles. The van der Waals surface area contributed by atoms with E-state index >= 15 is 0 Å². The second-order valence-electron chi connectivity index (χ2n) is 0. The summed E-state index contributed by atoms with van der Waals surface area (Å²) in [6.45, 7) is 0. The molecule has 0 fully saturated rings. The minimum absolute atomic E-state index is 0. The van der Waals surface area contributed by atoms with E-state index in [9.17, 15) is 0 Å². The number of hydrogen-bond acceptors (Lipinski definition) is 1. The van der Waals surface area contributed by atoms with Crippen LogP contribution in [-0.2, 0) is 0 Å². The first-order valence-electron chi connectivity index (χ1n) is 0. The van der Waals surface area contributed by atoms with Crippen molar-refractivity contribution in [1.82, 2.24) is 6.15 Å². The molecule has 0 bridgehead atoms. The Hall–Kier alpha value is 1.21. The average Bonchev–Trinajstić information content (AvgIpc) is 0. The molecule has 0 aliphatic rings. The van der Waals surface area contributed by atoms with Crippen LogP contribution < -0.4 is 6.15 Å². The van der Waals surface area contributed by atoms with Gasteiger partial charge in [-0.1, -0.05) is 0 Å². The molecule has 0 aliphatic carbocycles. The van der Waals surface area contributed by atoms with Crippen LogP contribution in [0.3, 0.4) is 0 Å². The van der Waals surface area contributed by atoms with E-state index in [4.69, 9.17) is 0 Å². The van der Waals surface area contributed by atoms with Crippen molar-refractivity contribution in [2.24, 2.45) is 0 Å². The Morgan fingerprint density at radius 2 is 0.600 bits per heavy atom. The normalized spacial score (nSPS) is 0. The van der Waals surface area contributed by atoms with Gasteiger partial charge in [-0.25, -0.2) is 0 Å². The molecule has 0 atom stereocenters. The molecule has 0 unspecified atom stereocenters. The van der Waals surface area contributed by atoms with E-state index in [0.29, 0.717) is 0 Å². The van der Waals surface area contributed by atoms with Crippen LogP contribution in [0, 0.1) is 0 Å². The van der Waals surface area contributed by atoms with Crippen molar-refractivity contribution in [1.29, 1.82) is 0 Å². The fourth-order valence-electron chi connectivity index (χ4n) is 0. The molecule has 0 saturated carbocycles. The van der Waals surface area contributed by atoms with Gasteiger partial charge in [-0.3, -0.25) is 0 Å². The molecule has 3 N–H and O–H groups in total. The Morgan fingerprint density at radius 3 is 0.600 bits per heavy atom. The zero-order chi connectivity index (χ0) is 0. The summed E-state index contributed by atoms with van der Waals surface area (Å²) in [4.78, 5) is 0. The van der Waals surface area contributed by atoms with Crippen molar-refractivity contribution in [2.45, 2.75) is 0 Å². The summed E-state index contributed by atoms with van der Waals surface area (Å²) in [5.41, 5.74) is 0.